The molecule has 0 spiro atoms. The summed E-state index contributed by atoms with van der Waals surface area (Å²) >= 11 is 5.73. The first-order chi connectivity index (χ1) is 9.69. The summed E-state index contributed by atoms with van der Waals surface area (Å²) in [5.41, 5.74) is 3.83. The smallest absolute Gasteiger partial charge is 0.142 e. The summed E-state index contributed by atoms with van der Waals surface area (Å²) in [4.78, 5) is 0. The molecular weight excluding hydrogens is 273 g/mol. The topological polar surface area (TPSA) is 12.0 Å². The van der Waals surface area contributed by atoms with Crippen molar-refractivity contribution in [2.45, 2.75) is 24.8 Å². The Balaban J connectivity index is 1.77. The van der Waals surface area contributed by atoms with Gasteiger partial charge in [0, 0.05) is 12.0 Å². The molecule has 2 aromatic rings. The third kappa shape index (κ3) is 2.46. The molecule has 0 saturated carbocycles. The average Bonchev–Trinajstić information content (AvgIpc) is 2.43. The van der Waals surface area contributed by atoms with E-state index in [0.29, 0.717) is 12.0 Å². The molecule has 3 heteroatoms. The van der Waals surface area contributed by atoms with Crippen molar-refractivity contribution in [3.63, 3.8) is 0 Å². The van der Waals surface area contributed by atoms with Crippen molar-refractivity contribution in [2.75, 3.05) is 7.05 Å². The zero-order valence-electron chi connectivity index (χ0n) is 11.4. The second-order valence-corrected chi connectivity index (χ2v) is 5.76. The van der Waals surface area contributed by atoms with Crippen LogP contribution in [0.2, 0.25) is 5.02 Å². The van der Waals surface area contributed by atoms with E-state index in [1.54, 1.807) is 6.07 Å². The molecule has 0 bridgehead atoms. The van der Waals surface area contributed by atoms with Gasteiger partial charge >= 0.3 is 0 Å². The fourth-order valence-electron chi connectivity index (χ4n) is 3.02. The van der Waals surface area contributed by atoms with E-state index in [4.69, 9.17) is 11.6 Å². The molecule has 0 aromatic heterocycles. The summed E-state index contributed by atoms with van der Waals surface area (Å²) in [6, 6.07) is 13.9. The number of nitrogens with one attached hydrogen (secondary N) is 1. The lowest BCUT2D eigenvalue weighted by molar-refractivity contribution is 0.422. The Labute approximate surface area is 123 Å². The molecule has 20 heavy (non-hydrogen) atoms. The van der Waals surface area contributed by atoms with E-state index in [2.05, 4.69) is 29.6 Å². The van der Waals surface area contributed by atoms with Gasteiger partial charge in [0.15, 0.2) is 0 Å². The molecule has 3 rings (SSSR count). The summed E-state index contributed by atoms with van der Waals surface area (Å²) in [6.07, 6.45) is 1.90. The van der Waals surface area contributed by atoms with Gasteiger partial charge in [-0.2, -0.15) is 0 Å². The minimum atomic E-state index is -0.340. The normalized spacial score (nSPS) is 18.2. The van der Waals surface area contributed by atoms with Gasteiger partial charge in [-0.25, -0.2) is 4.39 Å². The standard InChI is InChI=1S/C17H17ClFN/c1-20-17(9-11-6-7-15(18)16(19)8-11)14-10-12-4-2-3-5-13(12)14/h2-8,14,17,20H,9-10H2,1H3. The number of rotatable bonds is 4. The second-order valence-electron chi connectivity index (χ2n) is 5.36. The van der Waals surface area contributed by atoms with Crippen molar-refractivity contribution in [2.24, 2.45) is 0 Å². The van der Waals surface area contributed by atoms with E-state index in [1.165, 1.54) is 17.2 Å². The summed E-state index contributed by atoms with van der Waals surface area (Å²) in [5, 5.41) is 3.56. The zero-order chi connectivity index (χ0) is 14.1. The third-order valence-corrected chi connectivity index (χ3v) is 4.50. The summed E-state index contributed by atoms with van der Waals surface area (Å²) < 4.78 is 13.5. The van der Waals surface area contributed by atoms with Gasteiger partial charge in [0.25, 0.3) is 0 Å². The summed E-state index contributed by atoms with van der Waals surface area (Å²) in [5.74, 6) is 0.169. The lowest BCUT2D eigenvalue weighted by Crippen LogP contribution is -2.39. The Morgan fingerprint density at radius 3 is 2.80 bits per heavy atom. The van der Waals surface area contributed by atoms with E-state index < -0.39 is 0 Å². The maximum absolute atomic E-state index is 13.5. The molecule has 1 aliphatic carbocycles. The Morgan fingerprint density at radius 2 is 2.10 bits per heavy atom. The van der Waals surface area contributed by atoms with Gasteiger partial charge in [-0.1, -0.05) is 41.9 Å². The third-order valence-electron chi connectivity index (χ3n) is 4.19. The van der Waals surface area contributed by atoms with E-state index in [9.17, 15) is 4.39 Å². The van der Waals surface area contributed by atoms with Crippen LogP contribution in [0.3, 0.4) is 0 Å². The highest BCUT2D eigenvalue weighted by molar-refractivity contribution is 6.30. The molecule has 104 valence electrons. The van der Waals surface area contributed by atoms with Gasteiger partial charge < -0.3 is 5.32 Å². The van der Waals surface area contributed by atoms with Crippen molar-refractivity contribution in [3.8, 4) is 0 Å². The van der Waals surface area contributed by atoms with Crippen LogP contribution in [0.1, 0.15) is 22.6 Å². The van der Waals surface area contributed by atoms with Gasteiger partial charge in [0.2, 0.25) is 0 Å². The summed E-state index contributed by atoms with van der Waals surface area (Å²) in [6.45, 7) is 0. The van der Waals surface area contributed by atoms with Crippen molar-refractivity contribution in [1.29, 1.82) is 0 Å². The molecular formula is C17H17ClFN. The predicted molar refractivity (Wildman–Crippen MR) is 80.8 cm³/mol. The molecule has 2 aromatic carbocycles. The first-order valence-corrected chi connectivity index (χ1v) is 7.26. The lowest BCUT2D eigenvalue weighted by Gasteiger charge is -2.36. The molecule has 0 heterocycles. The summed E-state index contributed by atoms with van der Waals surface area (Å²) in [7, 11) is 1.97. The molecule has 0 amide bonds. The van der Waals surface area contributed by atoms with Crippen LogP contribution in [0.15, 0.2) is 42.5 Å². The maximum Gasteiger partial charge on any atom is 0.142 e. The molecule has 0 aliphatic heterocycles. The highest BCUT2D eigenvalue weighted by Crippen LogP contribution is 2.38. The monoisotopic (exact) mass is 289 g/mol. The van der Waals surface area contributed by atoms with Gasteiger partial charge in [0.05, 0.1) is 5.02 Å². The number of fused-ring (bicyclic) bond motifs is 1. The van der Waals surface area contributed by atoms with Crippen molar-refractivity contribution in [3.05, 3.63) is 70.0 Å². The highest BCUT2D eigenvalue weighted by Gasteiger charge is 2.31. The predicted octanol–water partition coefficient (Wildman–Crippen LogP) is 3.95. The maximum atomic E-state index is 13.5. The van der Waals surface area contributed by atoms with Crippen LogP contribution >= 0.6 is 11.6 Å². The molecule has 2 unspecified atom stereocenters. The van der Waals surface area contributed by atoms with Gasteiger partial charge in [-0.15, -0.1) is 0 Å². The molecule has 0 fully saturated rings. The van der Waals surface area contributed by atoms with Crippen LogP contribution in [0.4, 0.5) is 4.39 Å². The molecule has 1 nitrogen and oxygen atoms in total. The fraction of sp³-hybridized carbons (Fsp3) is 0.294. The van der Waals surface area contributed by atoms with Crippen LogP contribution in [0.5, 0.6) is 0 Å². The van der Waals surface area contributed by atoms with E-state index >= 15 is 0 Å². The lowest BCUT2D eigenvalue weighted by atomic mass is 9.72. The van der Waals surface area contributed by atoms with Crippen LogP contribution < -0.4 is 5.32 Å². The second kappa shape index (κ2) is 5.55. The average molecular weight is 290 g/mol. The van der Waals surface area contributed by atoms with Crippen LogP contribution in [0, 0.1) is 5.82 Å². The van der Waals surface area contributed by atoms with Crippen LogP contribution in [-0.2, 0) is 12.8 Å². The Bertz CT molecular complexity index is 626. The van der Waals surface area contributed by atoms with E-state index in [0.717, 1.165) is 18.4 Å². The number of halogens is 2. The van der Waals surface area contributed by atoms with Gasteiger partial charge in [-0.05, 0) is 48.7 Å². The fourth-order valence-corrected chi connectivity index (χ4v) is 3.14. The minimum absolute atomic E-state index is 0.184. The van der Waals surface area contributed by atoms with Gasteiger partial charge in [0.1, 0.15) is 5.82 Å². The Morgan fingerprint density at radius 1 is 1.30 bits per heavy atom. The number of hydrogen-bond acceptors (Lipinski definition) is 1. The quantitative estimate of drug-likeness (QED) is 0.899. The molecule has 1 N–H and O–H groups in total. The van der Waals surface area contributed by atoms with Gasteiger partial charge in [-0.3, -0.25) is 0 Å². The Hall–Kier alpha value is -1.38. The highest BCUT2D eigenvalue weighted by atomic mass is 35.5. The van der Waals surface area contributed by atoms with E-state index in [1.807, 2.05) is 13.1 Å². The number of benzene rings is 2. The number of hydrogen-bond donors (Lipinski definition) is 1. The SMILES string of the molecule is CNC(Cc1ccc(Cl)c(F)c1)C1Cc2ccccc21. The minimum Gasteiger partial charge on any atom is -0.316 e. The van der Waals surface area contributed by atoms with Crippen molar-refractivity contribution >= 4 is 11.6 Å². The first-order valence-electron chi connectivity index (χ1n) is 6.88. The zero-order valence-corrected chi connectivity index (χ0v) is 12.1. The Kier molecular flexibility index (Phi) is 3.77. The molecule has 0 radical (unpaired) electrons. The molecule has 1 aliphatic rings. The first kappa shape index (κ1) is 13.6. The van der Waals surface area contributed by atoms with Crippen molar-refractivity contribution in [1.82, 2.24) is 5.32 Å². The number of likely N-dealkylation sites (N-methyl/N-ethyl adjacent to an activating group) is 1. The van der Waals surface area contributed by atoms with E-state index in [-0.39, 0.29) is 10.8 Å². The largest absolute Gasteiger partial charge is 0.316 e. The van der Waals surface area contributed by atoms with Crippen molar-refractivity contribution < 1.29 is 4.39 Å². The molecule has 0 saturated heterocycles. The van der Waals surface area contributed by atoms with Crippen LogP contribution in [0.25, 0.3) is 0 Å². The van der Waals surface area contributed by atoms with Crippen LogP contribution in [-0.4, -0.2) is 13.1 Å². The molecule has 2 atom stereocenters.